The Balaban J connectivity index is 1.70. The predicted octanol–water partition coefficient (Wildman–Crippen LogP) is 2.66. The van der Waals surface area contributed by atoms with Crippen LogP contribution in [0.1, 0.15) is 25.0 Å². The van der Waals surface area contributed by atoms with E-state index in [1.165, 1.54) is 0 Å². The molecule has 0 amide bonds. The number of hydrogen-bond acceptors (Lipinski definition) is 6. The zero-order valence-electron chi connectivity index (χ0n) is 14.9. The molecule has 1 aliphatic heterocycles. The molecule has 0 bridgehead atoms. The molecule has 1 fully saturated rings. The van der Waals surface area contributed by atoms with Gasteiger partial charge in [0.1, 0.15) is 5.65 Å². The van der Waals surface area contributed by atoms with Crippen molar-refractivity contribution in [3.63, 3.8) is 0 Å². The molecule has 0 N–H and O–H groups in total. The first kappa shape index (κ1) is 16.0. The summed E-state index contributed by atoms with van der Waals surface area (Å²) >= 11 is 6.40. The average molecular weight is 395 g/mol. The van der Waals surface area contributed by atoms with E-state index in [1.807, 2.05) is 33.1 Å². The summed E-state index contributed by atoms with van der Waals surface area (Å²) in [7, 11) is 0. The van der Waals surface area contributed by atoms with Crippen LogP contribution in [0.2, 0.25) is 5.28 Å². The van der Waals surface area contributed by atoms with Gasteiger partial charge in [0, 0.05) is 17.9 Å². The maximum Gasteiger partial charge on any atom is 0.259 e. The van der Waals surface area contributed by atoms with Gasteiger partial charge in [0.15, 0.2) is 5.65 Å². The predicted molar refractivity (Wildman–Crippen MR) is 102 cm³/mol. The van der Waals surface area contributed by atoms with Crippen molar-refractivity contribution < 1.29 is 4.74 Å². The zero-order chi connectivity index (χ0) is 18.8. The number of imidazole rings is 1. The largest absolute Gasteiger partial charge is 0.378 e. The summed E-state index contributed by atoms with van der Waals surface area (Å²) in [5.74, 6) is 0.751. The Kier molecular flexibility index (Phi) is 3.27. The molecule has 140 valence electrons. The summed E-state index contributed by atoms with van der Waals surface area (Å²) in [5, 5.41) is 18.7. The van der Waals surface area contributed by atoms with E-state index in [-0.39, 0.29) is 12.0 Å². The van der Waals surface area contributed by atoms with Crippen molar-refractivity contribution in [3.8, 4) is 5.95 Å². The van der Waals surface area contributed by atoms with Crippen molar-refractivity contribution in [1.29, 1.82) is 0 Å². The van der Waals surface area contributed by atoms with Crippen LogP contribution in [0, 0.1) is 0 Å². The number of benzene rings is 1. The number of rotatable bonds is 2. The smallest absolute Gasteiger partial charge is 0.259 e. The molecule has 9 nitrogen and oxygen atoms in total. The van der Waals surface area contributed by atoms with Gasteiger partial charge in [-0.05, 0) is 37.1 Å². The Morgan fingerprint density at radius 3 is 2.89 bits per heavy atom. The van der Waals surface area contributed by atoms with Gasteiger partial charge in [-0.3, -0.25) is 4.40 Å². The minimum Gasteiger partial charge on any atom is -0.378 e. The highest BCUT2D eigenvalue weighted by molar-refractivity contribution is 6.29. The fraction of sp³-hybridized carbons (Fsp3) is 0.278. The maximum atomic E-state index is 6.40. The summed E-state index contributed by atoms with van der Waals surface area (Å²) in [4.78, 5) is 4.30. The molecule has 6 rings (SSSR count). The fourth-order valence-electron chi connectivity index (χ4n) is 4.13. The Morgan fingerprint density at radius 1 is 1.14 bits per heavy atom. The van der Waals surface area contributed by atoms with Gasteiger partial charge in [0.05, 0.1) is 29.7 Å². The van der Waals surface area contributed by atoms with Crippen molar-refractivity contribution in [3.05, 3.63) is 47.6 Å². The molecular weight excluding hydrogens is 380 g/mol. The monoisotopic (exact) mass is 394 g/mol. The molecule has 1 aliphatic rings. The molecule has 5 aromatic rings. The maximum absolute atomic E-state index is 6.40. The van der Waals surface area contributed by atoms with E-state index >= 15 is 0 Å². The molecule has 1 saturated heterocycles. The highest BCUT2D eigenvalue weighted by Gasteiger charge is 2.31. The summed E-state index contributed by atoms with van der Waals surface area (Å²) < 4.78 is 11.3. The molecule has 5 heterocycles. The number of aromatic nitrogens is 8. The second-order valence-corrected chi connectivity index (χ2v) is 7.28. The Hall–Kier alpha value is -3.04. The van der Waals surface area contributed by atoms with Crippen LogP contribution >= 0.6 is 11.6 Å². The summed E-state index contributed by atoms with van der Waals surface area (Å²) in [6.45, 7) is 2.80. The third-order valence-corrected chi connectivity index (χ3v) is 5.75. The van der Waals surface area contributed by atoms with Crippen LogP contribution in [0.5, 0.6) is 0 Å². The number of para-hydroxylation sites is 1. The topological polar surface area (TPSA) is 87.4 Å². The quantitative estimate of drug-likeness (QED) is 0.457. The summed E-state index contributed by atoms with van der Waals surface area (Å²) in [6, 6.07) is 7.91. The van der Waals surface area contributed by atoms with Gasteiger partial charge in [-0.15, -0.1) is 15.3 Å². The van der Waals surface area contributed by atoms with E-state index in [2.05, 4.69) is 32.4 Å². The van der Waals surface area contributed by atoms with Crippen LogP contribution in [0.15, 0.2) is 36.7 Å². The Morgan fingerprint density at radius 2 is 2.04 bits per heavy atom. The zero-order valence-corrected chi connectivity index (χ0v) is 15.7. The van der Waals surface area contributed by atoms with Crippen molar-refractivity contribution >= 4 is 33.8 Å². The lowest BCUT2D eigenvalue weighted by Crippen LogP contribution is -2.16. The van der Waals surface area contributed by atoms with Gasteiger partial charge in [0.2, 0.25) is 5.28 Å². The number of halogens is 1. The highest BCUT2D eigenvalue weighted by Crippen LogP contribution is 2.32. The number of hydrogen-bond donors (Lipinski definition) is 0. The number of fused-ring (bicyclic) bond motifs is 6. The van der Waals surface area contributed by atoms with Crippen molar-refractivity contribution in [2.45, 2.75) is 25.4 Å². The lowest BCUT2D eigenvalue weighted by molar-refractivity contribution is 0.117. The lowest BCUT2D eigenvalue weighted by Gasteiger charge is -2.14. The lowest BCUT2D eigenvalue weighted by atomic mass is 9.99. The van der Waals surface area contributed by atoms with E-state index in [0.717, 1.165) is 35.3 Å². The molecule has 28 heavy (non-hydrogen) atoms. The van der Waals surface area contributed by atoms with Crippen LogP contribution in [0.3, 0.4) is 0 Å². The third kappa shape index (κ3) is 2.02. The summed E-state index contributed by atoms with van der Waals surface area (Å²) in [6.07, 6.45) is 4.51. The van der Waals surface area contributed by atoms with Gasteiger partial charge in [-0.25, -0.2) is 9.38 Å². The van der Waals surface area contributed by atoms with Crippen LogP contribution in [0.25, 0.3) is 28.1 Å². The van der Waals surface area contributed by atoms with E-state index in [9.17, 15) is 0 Å². The van der Waals surface area contributed by atoms with E-state index in [4.69, 9.17) is 16.3 Å². The van der Waals surface area contributed by atoms with Crippen LogP contribution in [0.4, 0.5) is 0 Å². The molecule has 0 spiro atoms. The van der Waals surface area contributed by atoms with E-state index in [1.54, 1.807) is 17.1 Å². The van der Waals surface area contributed by atoms with Gasteiger partial charge >= 0.3 is 0 Å². The molecule has 10 heteroatoms. The molecular formula is C18H15ClN8O. The fourth-order valence-corrected chi connectivity index (χ4v) is 4.36. The van der Waals surface area contributed by atoms with Gasteiger partial charge in [0.25, 0.3) is 5.95 Å². The first-order chi connectivity index (χ1) is 13.7. The number of nitrogens with zero attached hydrogens (tertiary/aromatic N) is 8. The molecule has 0 aliphatic carbocycles. The van der Waals surface area contributed by atoms with Gasteiger partial charge < -0.3 is 4.74 Å². The molecule has 1 aromatic carbocycles. The normalized spacial score (nSPS) is 20.1. The highest BCUT2D eigenvalue weighted by atomic mass is 35.5. The number of ether oxygens (including phenoxy) is 1. The Bertz CT molecular complexity index is 1350. The molecule has 0 radical (unpaired) electrons. The van der Waals surface area contributed by atoms with Crippen molar-refractivity contribution in [1.82, 2.24) is 39.0 Å². The molecule has 2 atom stereocenters. The second kappa shape index (κ2) is 5.73. The van der Waals surface area contributed by atoms with Crippen LogP contribution in [-0.2, 0) is 4.74 Å². The van der Waals surface area contributed by atoms with Gasteiger partial charge in [-0.1, -0.05) is 17.3 Å². The van der Waals surface area contributed by atoms with Crippen LogP contribution in [-0.4, -0.2) is 51.7 Å². The van der Waals surface area contributed by atoms with Crippen LogP contribution < -0.4 is 0 Å². The minimum atomic E-state index is 0.0988. The first-order valence-corrected chi connectivity index (χ1v) is 9.43. The average Bonchev–Trinajstić information content (AvgIpc) is 3.46. The van der Waals surface area contributed by atoms with Gasteiger partial charge in [-0.2, -0.15) is 4.68 Å². The molecule has 4 aromatic heterocycles. The van der Waals surface area contributed by atoms with E-state index < -0.39 is 0 Å². The second-order valence-electron chi connectivity index (χ2n) is 6.94. The molecule has 2 unspecified atom stereocenters. The first-order valence-electron chi connectivity index (χ1n) is 9.05. The SMILES string of the molecule is CC1OCCC1c1cnnn1-c1nnc2c3ccccc3n3c(Cl)ncc3n12. The van der Waals surface area contributed by atoms with Crippen molar-refractivity contribution in [2.75, 3.05) is 6.61 Å². The van der Waals surface area contributed by atoms with E-state index in [0.29, 0.717) is 16.9 Å². The minimum absolute atomic E-state index is 0.0988. The Labute approximate surface area is 163 Å². The molecule has 0 saturated carbocycles. The standard InChI is InChI=1S/C18H15ClN8O/c1-10-11(6-7-28-10)14-8-21-24-27(14)18-23-22-16-12-4-2-3-5-13(12)25-15(26(16)18)9-20-17(25)19/h2-5,8-11H,6-7H2,1H3. The van der Waals surface area contributed by atoms with Crippen molar-refractivity contribution in [2.24, 2.45) is 0 Å². The third-order valence-electron chi connectivity index (χ3n) is 5.48. The summed E-state index contributed by atoms with van der Waals surface area (Å²) in [5.41, 5.74) is 3.35.